The number of fused-ring (bicyclic) bond motifs is 2. The van der Waals surface area contributed by atoms with Crippen molar-refractivity contribution < 1.29 is 67.3 Å². The minimum Gasteiger partial charge on any atom is -0.493 e. The van der Waals surface area contributed by atoms with Crippen LogP contribution in [0, 0.1) is 0 Å². The van der Waals surface area contributed by atoms with Crippen molar-refractivity contribution in [2.45, 2.75) is 103 Å². The molecule has 18 heteroatoms. The smallest absolute Gasteiger partial charge is 0.414 e. The number of nitrogens with zero attached hydrogens (tertiary/aromatic N) is 2. The van der Waals surface area contributed by atoms with E-state index < -0.39 is 11.9 Å². The number of carboxylic acids is 2. The van der Waals surface area contributed by atoms with E-state index in [2.05, 4.69) is 56.8 Å². The fraction of sp³-hybridized carbons (Fsp3) is 0.500. The molecule has 74 heavy (non-hydrogen) atoms. The Balaban J connectivity index is 0.000000289. The molecule has 18 nitrogen and oxygen atoms in total. The number of carbonyl (C=O) groups excluding carboxylic acids is 2. The third-order valence-electron chi connectivity index (χ3n) is 12.4. The molecule has 4 N–H and O–H groups in total. The molecule has 2 aliphatic heterocycles. The lowest BCUT2D eigenvalue weighted by Gasteiger charge is -2.38. The van der Waals surface area contributed by atoms with Gasteiger partial charge < -0.3 is 58.7 Å². The Kier molecular flexibility index (Phi) is 22.1. The Morgan fingerprint density at radius 2 is 0.770 bits per heavy atom. The molecule has 0 radical (unpaired) electrons. The van der Waals surface area contributed by atoms with Crippen molar-refractivity contribution in [2.75, 3.05) is 83.1 Å². The van der Waals surface area contributed by atoms with Gasteiger partial charge in [-0.1, -0.05) is 12.1 Å². The summed E-state index contributed by atoms with van der Waals surface area (Å²) in [4.78, 5) is 48.1. The van der Waals surface area contributed by atoms with Crippen LogP contribution in [0.25, 0.3) is 0 Å². The molecule has 0 aromatic heterocycles. The SMILES string of the molecule is COc1ccc(C[C@@H]2c3cc(OC)c(OC)cc3CCN2CCC(=O)NC(C)(C)C)cc1OC.COc1ccc(C[C@@H]2c3cc(OC)c(OC)cc3CCN2CCC(=O)NC(C)(C)C)cc1OC.O=C(O)C(=O)O. The van der Waals surface area contributed by atoms with Crippen molar-refractivity contribution in [1.29, 1.82) is 0 Å². The molecule has 2 heterocycles. The highest BCUT2D eigenvalue weighted by atomic mass is 16.5. The number of hydrogen-bond acceptors (Lipinski definition) is 14. The highest BCUT2D eigenvalue weighted by molar-refractivity contribution is 6.27. The molecule has 0 spiro atoms. The van der Waals surface area contributed by atoms with Crippen LogP contribution in [0.3, 0.4) is 0 Å². The number of hydrogen-bond donors (Lipinski definition) is 4. The largest absolute Gasteiger partial charge is 0.493 e. The second kappa shape index (κ2) is 27.4. The third-order valence-corrected chi connectivity index (χ3v) is 12.4. The zero-order valence-corrected chi connectivity index (χ0v) is 45.7. The van der Waals surface area contributed by atoms with E-state index in [1.54, 1.807) is 56.9 Å². The molecule has 0 bridgehead atoms. The van der Waals surface area contributed by atoms with E-state index in [-0.39, 0.29) is 35.0 Å². The fourth-order valence-electron chi connectivity index (χ4n) is 9.09. The molecule has 0 aliphatic carbocycles. The lowest BCUT2D eigenvalue weighted by atomic mass is 9.88. The van der Waals surface area contributed by atoms with Crippen molar-refractivity contribution in [2.24, 2.45) is 0 Å². The number of nitrogens with one attached hydrogen (secondary N) is 2. The zero-order valence-electron chi connectivity index (χ0n) is 45.7. The molecule has 0 saturated heterocycles. The Hall–Kier alpha value is -6.92. The maximum absolute atomic E-state index is 12.5. The number of rotatable bonds is 18. The topological polar surface area (TPSA) is 213 Å². The summed E-state index contributed by atoms with van der Waals surface area (Å²) in [5, 5.41) is 20.9. The van der Waals surface area contributed by atoms with Gasteiger partial charge in [0, 0.05) is 62.2 Å². The Morgan fingerprint density at radius 1 is 0.473 bits per heavy atom. The van der Waals surface area contributed by atoms with Crippen molar-refractivity contribution >= 4 is 23.8 Å². The highest BCUT2D eigenvalue weighted by Gasteiger charge is 2.32. The molecule has 0 saturated carbocycles. The number of carbonyl (C=O) groups is 4. The second-order valence-electron chi connectivity index (χ2n) is 19.9. The monoisotopic (exact) mass is 1030 g/mol. The van der Waals surface area contributed by atoms with Gasteiger partial charge in [-0.25, -0.2) is 9.59 Å². The average Bonchev–Trinajstić information content (AvgIpc) is 3.36. The van der Waals surface area contributed by atoms with Gasteiger partial charge in [-0.05, 0) is 149 Å². The molecule has 406 valence electrons. The fourth-order valence-corrected chi connectivity index (χ4v) is 9.09. The van der Waals surface area contributed by atoms with E-state index in [1.807, 2.05) is 65.8 Å². The number of ether oxygens (including phenoxy) is 8. The molecule has 6 rings (SSSR count). The summed E-state index contributed by atoms with van der Waals surface area (Å²) in [7, 11) is 13.2. The molecular weight excluding hydrogens is 953 g/mol. The van der Waals surface area contributed by atoms with Gasteiger partial charge in [-0.3, -0.25) is 19.4 Å². The average molecular weight is 1030 g/mol. The minimum atomic E-state index is -1.82. The van der Waals surface area contributed by atoms with E-state index in [0.717, 1.165) is 61.4 Å². The van der Waals surface area contributed by atoms with Gasteiger partial charge in [-0.2, -0.15) is 0 Å². The number of amides is 2. The van der Waals surface area contributed by atoms with E-state index in [1.165, 1.54) is 22.3 Å². The first-order chi connectivity index (χ1) is 35.0. The molecule has 0 unspecified atom stereocenters. The van der Waals surface area contributed by atoms with Gasteiger partial charge in [0.15, 0.2) is 46.0 Å². The summed E-state index contributed by atoms with van der Waals surface area (Å²) >= 11 is 0. The molecule has 2 aliphatic rings. The van der Waals surface area contributed by atoms with Crippen LogP contribution in [0.5, 0.6) is 46.0 Å². The maximum Gasteiger partial charge on any atom is 0.414 e. The Labute approximate surface area is 436 Å². The molecule has 4 aromatic rings. The van der Waals surface area contributed by atoms with E-state index in [0.29, 0.717) is 60.4 Å². The van der Waals surface area contributed by atoms with Gasteiger partial charge in [0.1, 0.15) is 0 Å². The quantitative estimate of drug-likeness (QED) is 0.0711. The van der Waals surface area contributed by atoms with Gasteiger partial charge in [-0.15, -0.1) is 0 Å². The molecule has 2 amide bonds. The van der Waals surface area contributed by atoms with Crippen LogP contribution in [0.15, 0.2) is 60.7 Å². The Bertz CT molecular complexity index is 2360. The summed E-state index contributed by atoms with van der Waals surface area (Å²) in [5.41, 5.74) is 6.69. The molecular formula is C56H78N4O14. The lowest BCUT2D eigenvalue weighted by Crippen LogP contribution is -2.43. The lowest BCUT2D eigenvalue weighted by molar-refractivity contribution is -0.159. The number of carboxylic acid groups (broad SMARTS) is 2. The van der Waals surface area contributed by atoms with Crippen molar-refractivity contribution in [3.05, 3.63) is 94.0 Å². The van der Waals surface area contributed by atoms with Crippen LogP contribution in [0.4, 0.5) is 0 Å². The van der Waals surface area contributed by atoms with Crippen LogP contribution in [-0.2, 0) is 44.9 Å². The summed E-state index contributed by atoms with van der Waals surface area (Å²) in [5.74, 6) is 2.22. The molecule has 4 aromatic carbocycles. The second-order valence-corrected chi connectivity index (χ2v) is 19.9. The van der Waals surface area contributed by atoms with Crippen LogP contribution in [0.1, 0.15) is 99.8 Å². The van der Waals surface area contributed by atoms with Gasteiger partial charge in [0.2, 0.25) is 11.8 Å². The van der Waals surface area contributed by atoms with Crippen LogP contribution >= 0.6 is 0 Å². The summed E-state index contributed by atoms with van der Waals surface area (Å²) in [6.45, 7) is 15.1. The number of methoxy groups -OCH3 is 8. The van der Waals surface area contributed by atoms with Gasteiger partial charge >= 0.3 is 11.9 Å². The summed E-state index contributed by atoms with van der Waals surface area (Å²) < 4.78 is 44.2. The minimum absolute atomic E-state index is 0.0653. The predicted molar refractivity (Wildman–Crippen MR) is 282 cm³/mol. The van der Waals surface area contributed by atoms with E-state index >= 15 is 0 Å². The normalized spacial score (nSPS) is 15.2. The molecule has 2 atom stereocenters. The number of aliphatic carboxylic acids is 2. The van der Waals surface area contributed by atoms with Gasteiger partial charge in [0.05, 0.1) is 56.9 Å². The Morgan fingerprint density at radius 3 is 1.05 bits per heavy atom. The van der Waals surface area contributed by atoms with Crippen molar-refractivity contribution in [3.8, 4) is 46.0 Å². The van der Waals surface area contributed by atoms with Crippen molar-refractivity contribution in [3.63, 3.8) is 0 Å². The zero-order chi connectivity index (χ0) is 54.9. The number of benzene rings is 4. The summed E-state index contributed by atoms with van der Waals surface area (Å²) in [6, 6.07) is 20.6. The third kappa shape index (κ3) is 17.1. The van der Waals surface area contributed by atoms with Crippen LogP contribution < -0.4 is 48.5 Å². The molecule has 0 fully saturated rings. The van der Waals surface area contributed by atoms with Crippen LogP contribution in [-0.4, -0.2) is 138 Å². The van der Waals surface area contributed by atoms with Crippen LogP contribution in [0.2, 0.25) is 0 Å². The van der Waals surface area contributed by atoms with Gasteiger partial charge in [0.25, 0.3) is 0 Å². The van der Waals surface area contributed by atoms with E-state index in [9.17, 15) is 9.59 Å². The maximum atomic E-state index is 12.5. The first-order valence-electron chi connectivity index (χ1n) is 24.5. The highest BCUT2D eigenvalue weighted by Crippen LogP contribution is 2.42. The first-order valence-corrected chi connectivity index (χ1v) is 24.5. The predicted octanol–water partition coefficient (Wildman–Crippen LogP) is 7.49. The summed E-state index contributed by atoms with van der Waals surface area (Å²) in [6.07, 6.45) is 4.20. The van der Waals surface area contributed by atoms with Crippen molar-refractivity contribution in [1.82, 2.24) is 20.4 Å². The first kappa shape index (κ1) is 59.6. The standard InChI is InChI=1S/2C27H38N2O5.C2H2O4/c2*1-27(2,3)28-26(30)11-13-29-12-10-19-16-24(33-6)25(34-7)17-20(19)21(29)14-18-8-9-22(31-4)23(15-18)32-5;3-1(4)2(5)6/h2*8-9,15-17,21H,10-14H2,1-7H3,(H,28,30);(H,3,4)(H,5,6)/t2*21-;/m11./s1. The van der Waals surface area contributed by atoms with E-state index in [4.69, 9.17) is 57.7 Å².